The molecule has 6 heteroatoms. The van der Waals surface area contributed by atoms with Crippen LogP contribution >= 0.6 is 0 Å². The smallest absolute Gasteiger partial charge is 0.170 e. The molecule has 0 spiro atoms. The van der Waals surface area contributed by atoms with Gasteiger partial charge in [-0.1, -0.05) is 0 Å². The molecular formula is C10H16N6. The Hall–Kier alpha value is -1.74. The first kappa shape index (κ1) is 10.8. The number of nitrogens with zero attached hydrogens (tertiary/aromatic N) is 4. The van der Waals surface area contributed by atoms with E-state index in [-0.39, 0.29) is 6.04 Å². The molecule has 0 aromatic carbocycles. The molecule has 0 atom stereocenters. The molecule has 2 heterocycles. The van der Waals surface area contributed by atoms with Crippen molar-refractivity contribution < 1.29 is 0 Å². The van der Waals surface area contributed by atoms with Gasteiger partial charge in [0.15, 0.2) is 5.82 Å². The van der Waals surface area contributed by atoms with Crippen molar-refractivity contribution in [2.24, 2.45) is 12.8 Å². The number of nitrogens with two attached hydrogens (primary N) is 2. The third-order valence-corrected chi connectivity index (χ3v) is 3.02. The molecule has 0 saturated carbocycles. The van der Waals surface area contributed by atoms with E-state index in [1.807, 2.05) is 0 Å². The Kier molecular flexibility index (Phi) is 2.71. The van der Waals surface area contributed by atoms with E-state index in [0.717, 1.165) is 25.9 Å². The first-order valence-corrected chi connectivity index (χ1v) is 5.36. The fourth-order valence-corrected chi connectivity index (χ4v) is 1.96. The normalized spacial score (nSPS) is 17.4. The van der Waals surface area contributed by atoms with Gasteiger partial charge in [-0.15, -0.1) is 0 Å². The van der Waals surface area contributed by atoms with Crippen molar-refractivity contribution in [1.82, 2.24) is 9.78 Å². The number of hydrogen-bond donors (Lipinski definition) is 2. The minimum atomic E-state index is 0.267. The van der Waals surface area contributed by atoms with Gasteiger partial charge in [-0.3, -0.25) is 0 Å². The van der Waals surface area contributed by atoms with Gasteiger partial charge in [-0.2, -0.15) is 10.4 Å². The van der Waals surface area contributed by atoms with Crippen LogP contribution in [0.4, 0.5) is 11.6 Å². The van der Waals surface area contributed by atoms with Crippen molar-refractivity contribution in [2.45, 2.75) is 18.9 Å². The highest BCUT2D eigenvalue weighted by atomic mass is 15.4. The van der Waals surface area contributed by atoms with Crippen LogP contribution in [0, 0.1) is 11.3 Å². The maximum atomic E-state index is 9.06. The molecule has 0 bridgehead atoms. The number of anilines is 2. The van der Waals surface area contributed by atoms with E-state index in [2.05, 4.69) is 16.1 Å². The topological polar surface area (TPSA) is 96.9 Å². The molecule has 1 aromatic heterocycles. The van der Waals surface area contributed by atoms with Crippen molar-refractivity contribution in [1.29, 1.82) is 5.26 Å². The highest BCUT2D eigenvalue weighted by molar-refractivity contribution is 5.65. The standard InChI is InChI=1S/C10H16N6/c1-15-9(13)8(6-11)10(14-15)16-4-2-7(12)3-5-16/h7H,2-5,12-13H2,1H3. The summed E-state index contributed by atoms with van der Waals surface area (Å²) in [6, 6.07) is 2.38. The summed E-state index contributed by atoms with van der Waals surface area (Å²) in [6.07, 6.45) is 1.86. The van der Waals surface area contributed by atoms with Crippen LogP contribution < -0.4 is 16.4 Å². The molecule has 16 heavy (non-hydrogen) atoms. The molecule has 86 valence electrons. The lowest BCUT2D eigenvalue weighted by Gasteiger charge is -2.30. The molecule has 1 aliphatic heterocycles. The van der Waals surface area contributed by atoms with Crippen LogP contribution in [0.3, 0.4) is 0 Å². The molecule has 1 fully saturated rings. The Balaban J connectivity index is 2.27. The van der Waals surface area contributed by atoms with E-state index < -0.39 is 0 Å². The number of aromatic nitrogens is 2. The minimum absolute atomic E-state index is 0.267. The zero-order valence-corrected chi connectivity index (χ0v) is 9.35. The summed E-state index contributed by atoms with van der Waals surface area (Å²) in [6.45, 7) is 1.68. The number of nitriles is 1. The predicted molar refractivity (Wildman–Crippen MR) is 61.8 cm³/mol. The van der Waals surface area contributed by atoms with Crippen LogP contribution in [0.2, 0.25) is 0 Å². The van der Waals surface area contributed by atoms with Gasteiger partial charge >= 0.3 is 0 Å². The monoisotopic (exact) mass is 220 g/mol. The fourth-order valence-electron chi connectivity index (χ4n) is 1.96. The molecule has 1 aromatic rings. The lowest BCUT2D eigenvalue weighted by molar-refractivity contribution is 0.497. The van der Waals surface area contributed by atoms with E-state index in [4.69, 9.17) is 16.7 Å². The number of aryl methyl sites for hydroxylation is 1. The van der Waals surface area contributed by atoms with Crippen LogP contribution in [0.15, 0.2) is 0 Å². The van der Waals surface area contributed by atoms with E-state index in [1.54, 1.807) is 11.7 Å². The molecule has 0 radical (unpaired) electrons. The molecule has 1 aliphatic rings. The minimum Gasteiger partial charge on any atom is -0.383 e. The van der Waals surface area contributed by atoms with Gasteiger partial charge < -0.3 is 16.4 Å². The summed E-state index contributed by atoms with van der Waals surface area (Å²) >= 11 is 0. The van der Waals surface area contributed by atoms with E-state index in [9.17, 15) is 0 Å². The molecule has 4 N–H and O–H groups in total. The van der Waals surface area contributed by atoms with Crippen LogP contribution in [0.1, 0.15) is 18.4 Å². The van der Waals surface area contributed by atoms with Crippen molar-refractivity contribution in [3.05, 3.63) is 5.56 Å². The average Bonchev–Trinajstić information content (AvgIpc) is 2.56. The number of hydrogen-bond acceptors (Lipinski definition) is 5. The Bertz CT molecular complexity index is 421. The van der Waals surface area contributed by atoms with Crippen molar-refractivity contribution in [3.8, 4) is 6.07 Å². The first-order chi connectivity index (χ1) is 7.63. The predicted octanol–water partition coefficient (Wildman–Crippen LogP) is -0.199. The summed E-state index contributed by atoms with van der Waals surface area (Å²) in [5.41, 5.74) is 12.1. The molecule has 0 aliphatic carbocycles. The molecule has 0 unspecified atom stereocenters. The zero-order chi connectivity index (χ0) is 11.7. The second-order valence-electron chi connectivity index (χ2n) is 4.14. The van der Waals surface area contributed by atoms with Crippen LogP contribution in [0.25, 0.3) is 0 Å². The third kappa shape index (κ3) is 1.70. The molecular weight excluding hydrogens is 204 g/mol. The Morgan fingerprint density at radius 3 is 2.62 bits per heavy atom. The Morgan fingerprint density at radius 2 is 2.06 bits per heavy atom. The van der Waals surface area contributed by atoms with Crippen molar-refractivity contribution in [2.75, 3.05) is 23.7 Å². The third-order valence-electron chi connectivity index (χ3n) is 3.02. The highest BCUT2D eigenvalue weighted by Crippen LogP contribution is 2.25. The second kappa shape index (κ2) is 4.02. The fraction of sp³-hybridized carbons (Fsp3) is 0.600. The second-order valence-corrected chi connectivity index (χ2v) is 4.14. The summed E-state index contributed by atoms with van der Waals surface area (Å²) in [5, 5.41) is 13.3. The average molecular weight is 220 g/mol. The van der Waals surface area contributed by atoms with Crippen LogP contribution in [-0.4, -0.2) is 28.9 Å². The highest BCUT2D eigenvalue weighted by Gasteiger charge is 2.23. The van der Waals surface area contributed by atoms with Gasteiger partial charge in [-0.05, 0) is 12.8 Å². The summed E-state index contributed by atoms with van der Waals surface area (Å²) < 4.78 is 1.54. The van der Waals surface area contributed by atoms with Gasteiger partial charge in [0.1, 0.15) is 17.5 Å². The summed E-state index contributed by atoms with van der Waals surface area (Å²) in [4.78, 5) is 2.08. The largest absolute Gasteiger partial charge is 0.383 e. The summed E-state index contributed by atoms with van der Waals surface area (Å²) in [7, 11) is 1.75. The lowest BCUT2D eigenvalue weighted by atomic mass is 10.1. The molecule has 1 saturated heterocycles. The Labute approximate surface area is 94.4 Å². The van der Waals surface area contributed by atoms with Gasteiger partial charge in [0.25, 0.3) is 0 Å². The SMILES string of the molecule is Cn1nc(N2CCC(N)CC2)c(C#N)c1N. The van der Waals surface area contributed by atoms with Gasteiger partial charge in [0.2, 0.25) is 0 Å². The Morgan fingerprint density at radius 1 is 1.44 bits per heavy atom. The van der Waals surface area contributed by atoms with Crippen LogP contribution in [-0.2, 0) is 7.05 Å². The van der Waals surface area contributed by atoms with Crippen LogP contribution in [0.5, 0.6) is 0 Å². The molecule has 6 nitrogen and oxygen atoms in total. The molecule has 0 amide bonds. The molecule has 2 rings (SSSR count). The number of nitrogen functional groups attached to an aromatic ring is 1. The first-order valence-electron chi connectivity index (χ1n) is 5.36. The van der Waals surface area contributed by atoms with Gasteiger partial charge in [0, 0.05) is 26.2 Å². The van der Waals surface area contributed by atoms with Gasteiger partial charge in [-0.25, -0.2) is 4.68 Å². The lowest BCUT2D eigenvalue weighted by Crippen LogP contribution is -2.40. The van der Waals surface area contributed by atoms with Crippen molar-refractivity contribution in [3.63, 3.8) is 0 Å². The zero-order valence-electron chi connectivity index (χ0n) is 9.35. The van der Waals surface area contributed by atoms with E-state index >= 15 is 0 Å². The van der Waals surface area contributed by atoms with Crippen molar-refractivity contribution >= 4 is 11.6 Å². The maximum absolute atomic E-state index is 9.06. The maximum Gasteiger partial charge on any atom is 0.170 e. The number of piperidine rings is 1. The quantitative estimate of drug-likeness (QED) is 0.683. The van der Waals surface area contributed by atoms with E-state index in [1.165, 1.54) is 0 Å². The number of rotatable bonds is 1. The van der Waals surface area contributed by atoms with Gasteiger partial charge in [0.05, 0.1) is 0 Å². The van der Waals surface area contributed by atoms with E-state index in [0.29, 0.717) is 17.2 Å². The summed E-state index contributed by atoms with van der Waals surface area (Å²) in [5.74, 6) is 1.11.